The largest absolute Gasteiger partial charge is 0.399 e. The maximum absolute atomic E-state index is 13.4. The Bertz CT molecular complexity index is 1330. The van der Waals surface area contributed by atoms with Crippen molar-refractivity contribution in [2.24, 2.45) is 0 Å². The molecular formula is C29H35N5O2Si. The number of carbonyl (C=O) groups is 1. The topological polar surface area (TPSA) is 106 Å². The molecule has 0 aliphatic heterocycles. The summed E-state index contributed by atoms with van der Waals surface area (Å²) in [6.45, 7) is 7.66. The quantitative estimate of drug-likeness (QED) is 0.192. The van der Waals surface area contributed by atoms with Gasteiger partial charge in [0.2, 0.25) is 5.82 Å². The van der Waals surface area contributed by atoms with Gasteiger partial charge in [-0.2, -0.15) is 5.26 Å². The Labute approximate surface area is 220 Å². The molecule has 0 unspecified atom stereocenters. The van der Waals surface area contributed by atoms with Crippen LogP contribution in [0.2, 0.25) is 25.7 Å². The number of anilines is 2. The van der Waals surface area contributed by atoms with Gasteiger partial charge >= 0.3 is 0 Å². The summed E-state index contributed by atoms with van der Waals surface area (Å²) in [6, 6.07) is 16.9. The molecule has 1 aliphatic carbocycles. The number of nitrogens with two attached hydrogens (primary N) is 1. The molecule has 37 heavy (non-hydrogen) atoms. The number of hydrogen-bond donors (Lipinski definition) is 2. The third-order valence-corrected chi connectivity index (χ3v) is 8.17. The average Bonchev–Trinajstić information content (AvgIpc) is 3.31. The van der Waals surface area contributed by atoms with E-state index in [1.54, 1.807) is 10.8 Å². The highest BCUT2D eigenvalue weighted by Gasteiger charge is 2.20. The summed E-state index contributed by atoms with van der Waals surface area (Å²) < 4.78 is 7.45. The third-order valence-electron chi connectivity index (χ3n) is 6.47. The van der Waals surface area contributed by atoms with Crippen LogP contribution in [0, 0.1) is 11.3 Å². The van der Waals surface area contributed by atoms with E-state index in [0.29, 0.717) is 6.61 Å². The number of hydrogen-bond acceptors (Lipinski definition) is 5. The molecule has 0 bridgehead atoms. The van der Waals surface area contributed by atoms with Crippen LogP contribution in [0.1, 0.15) is 47.6 Å². The van der Waals surface area contributed by atoms with Gasteiger partial charge in [0.15, 0.2) is 5.69 Å². The molecule has 1 aromatic heterocycles. The van der Waals surface area contributed by atoms with Crippen molar-refractivity contribution in [3.8, 4) is 17.2 Å². The van der Waals surface area contributed by atoms with Crippen molar-refractivity contribution < 1.29 is 9.53 Å². The second-order valence-electron chi connectivity index (χ2n) is 10.7. The minimum atomic E-state index is -1.23. The summed E-state index contributed by atoms with van der Waals surface area (Å²) in [5.74, 6) is -0.205. The Morgan fingerprint density at radius 3 is 2.59 bits per heavy atom. The molecule has 4 rings (SSSR count). The van der Waals surface area contributed by atoms with Gasteiger partial charge < -0.3 is 20.4 Å². The molecule has 3 aromatic rings. The monoisotopic (exact) mass is 513 g/mol. The summed E-state index contributed by atoms with van der Waals surface area (Å²) in [4.78, 5) is 17.7. The van der Waals surface area contributed by atoms with Crippen LogP contribution < -0.4 is 11.1 Å². The van der Waals surface area contributed by atoms with Gasteiger partial charge in [0.05, 0.1) is 0 Å². The lowest BCUT2D eigenvalue weighted by Crippen LogP contribution is -2.23. The number of aromatic nitrogens is 2. The van der Waals surface area contributed by atoms with E-state index >= 15 is 0 Å². The lowest BCUT2D eigenvalue weighted by atomic mass is 9.90. The molecule has 8 heteroatoms. The fraction of sp³-hybridized carbons (Fsp3) is 0.345. The van der Waals surface area contributed by atoms with Crippen LogP contribution in [0.15, 0.2) is 54.7 Å². The predicted molar refractivity (Wildman–Crippen MR) is 152 cm³/mol. The van der Waals surface area contributed by atoms with Crippen molar-refractivity contribution in [2.75, 3.05) is 17.7 Å². The molecule has 0 radical (unpaired) electrons. The van der Waals surface area contributed by atoms with Crippen LogP contribution in [-0.2, 0) is 11.5 Å². The molecular weight excluding hydrogens is 478 g/mol. The minimum Gasteiger partial charge on any atom is -0.399 e. The lowest BCUT2D eigenvalue weighted by Gasteiger charge is -2.19. The number of ether oxygens (including phenoxy) is 1. The third kappa shape index (κ3) is 6.97. The Kier molecular flexibility index (Phi) is 8.26. The second-order valence-corrected chi connectivity index (χ2v) is 16.3. The fourth-order valence-electron chi connectivity index (χ4n) is 4.33. The average molecular weight is 514 g/mol. The van der Waals surface area contributed by atoms with Crippen LogP contribution >= 0.6 is 0 Å². The van der Waals surface area contributed by atoms with Gasteiger partial charge in [-0.1, -0.05) is 43.9 Å². The van der Waals surface area contributed by atoms with Crippen molar-refractivity contribution in [1.29, 1.82) is 5.26 Å². The number of amides is 1. The number of benzene rings is 2. The molecule has 0 saturated heterocycles. The summed E-state index contributed by atoms with van der Waals surface area (Å²) in [5.41, 5.74) is 11.9. The number of carbonyl (C=O) groups excluding carboxylic acids is 1. The first-order valence-corrected chi connectivity index (χ1v) is 16.5. The number of nitrogens with one attached hydrogen (secondary N) is 1. The van der Waals surface area contributed by atoms with Gasteiger partial charge in [0.25, 0.3) is 5.91 Å². The van der Waals surface area contributed by atoms with Gasteiger partial charge in [-0.05, 0) is 72.7 Å². The Hall–Kier alpha value is -3.67. The zero-order valence-corrected chi connectivity index (χ0v) is 22.9. The lowest BCUT2D eigenvalue weighted by molar-refractivity contribution is 0.0808. The van der Waals surface area contributed by atoms with Gasteiger partial charge in [0, 0.05) is 37.8 Å². The van der Waals surface area contributed by atoms with E-state index in [9.17, 15) is 10.1 Å². The Morgan fingerprint density at radius 2 is 1.92 bits per heavy atom. The second kappa shape index (κ2) is 11.6. The number of nitriles is 1. The van der Waals surface area contributed by atoms with Gasteiger partial charge in [-0.15, -0.1) is 0 Å². The van der Waals surface area contributed by atoms with E-state index < -0.39 is 8.07 Å². The molecule has 0 spiro atoms. The molecule has 1 heterocycles. The van der Waals surface area contributed by atoms with Crippen LogP contribution in [0.4, 0.5) is 11.4 Å². The standard InChI is InChI=1S/C29H35N5O2Si/c1-37(2,3)16-15-36-20-34-19-25(18-30)32-28(34)29(35)33-27-14-11-23(21-9-12-24(31)13-10-21)17-26(27)22-7-5-4-6-8-22/h7,9-14,17,19H,4-6,8,15-16,20,31H2,1-3H3,(H,33,35). The summed E-state index contributed by atoms with van der Waals surface area (Å²) in [7, 11) is -1.23. The maximum atomic E-state index is 13.4. The number of rotatable bonds is 9. The normalized spacial score (nSPS) is 13.6. The molecule has 192 valence electrons. The summed E-state index contributed by atoms with van der Waals surface area (Å²) in [5, 5.41) is 12.5. The highest BCUT2D eigenvalue weighted by Crippen LogP contribution is 2.35. The van der Waals surface area contributed by atoms with E-state index in [-0.39, 0.29) is 24.2 Å². The first-order valence-electron chi connectivity index (χ1n) is 12.8. The van der Waals surface area contributed by atoms with Crippen molar-refractivity contribution >= 4 is 30.9 Å². The van der Waals surface area contributed by atoms with E-state index in [0.717, 1.165) is 53.4 Å². The summed E-state index contributed by atoms with van der Waals surface area (Å²) in [6.07, 6.45) is 8.12. The first-order chi connectivity index (χ1) is 17.7. The molecule has 0 fully saturated rings. The Balaban J connectivity index is 1.60. The van der Waals surface area contributed by atoms with E-state index in [1.807, 2.05) is 42.5 Å². The van der Waals surface area contributed by atoms with Crippen LogP contribution in [0.5, 0.6) is 0 Å². The van der Waals surface area contributed by atoms with Crippen LogP contribution in [0.25, 0.3) is 16.7 Å². The van der Waals surface area contributed by atoms with Crippen LogP contribution in [0.3, 0.4) is 0 Å². The molecule has 0 atom stereocenters. The first kappa shape index (κ1) is 26.4. The molecule has 1 aliphatic rings. The van der Waals surface area contributed by atoms with Crippen LogP contribution in [-0.4, -0.2) is 30.1 Å². The highest BCUT2D eigenvalue weighted by molar-refractivity contribution is 6.76. The van der Waals surface area contributed by atoms with Crippen molar-refractivity contribution in [2.45, 2.75) is 58.1 Å². The smallest absolute Gasteiger partial charge is 0.291 e. The molecule has 2 aromatic carbocycles. The van der Waals surface area contributed by atoms with E-state index in [4.69, 9.17) is 10.5 Å². The summed E-state index contributed by atoms with van der Waals surface area (Å²) >= 11 is 0. The van der Waals surface area contributed by atoms with Crippen molar-refractivity contribution in [3.05, 3.63) is 71.8 Å². The van der Waals surface area contributed by atoms with Gasteiger partial charge in [-0.25, -0.2) is 4.98 Å². The minimum absolute atomic E-state index is 0.163. The molecule has 0 saturated carbocycles. The molecule has 3 N–H and O–H groups in total. The SMILES string of the molecule is C[Si](C)(C)CCOCn1cc(C#N)nc1C(=O)Nc1ccc(-c2ccc(N)cc2)cc1C1=CCCCC1. The van der Waals surface area contributed by atoms with E-state index in [2.05, 4.69) is 42.1 Å². The number of nitrogen functional groups attached to an aromatic ring is 1. The van der Waals surface area contributed by atoms with Gasteiger partial charge in [0.1, 0.15) is 12.8 Å². The number of nitrogens with zero attached hydrogens (tertiary/aromatic N) is 3. The number of allylic oxidation sites excluding steroid dienone is 2. The zero-order chi connectivity index (χ0) is 26.4. The Morgan fingerprint density at radius 1 is 1.16 bits per heavy atom. The van der Waals surface area contributed by atoms with Crippen molar-refractivity contribution in [3.63, 3.8) is 0 Å². The number of imidazole rings is 1. The predicted octanol–water partition coefficient (Wildman–Crippen LogP) is 6.53. The van der Waals surface area contributed by atoms with Crippen molar-refractivity contribution in [1.82, 2.24) is 9.55 Å². The molecule has 1 amide bonds. The maximum Gasteiger partial charge on any atom is 0.291 e. The van der Waals surface area contributed by atoms with Gasteiger partial charge in [-0.3, -0.25) is 4.79 Å². The zero-order valence-electron chi connectivity index (χ0n) is 21.9. The fourth-order valence-corrected chi connectivity index (χ4v) is 5.08. The molecule has 7 nitrogen and oxygen atoms in total. The highest BCUT2D eigenvalue weighted by atomic mass is 28.3. The van der Waals surface area contributed by atoms with E-state index in [1.165, 1.54) is 12.0 Å².